The minimum absolute atomic E-state index is 0.237. The van der Waals surface area contributed by atoms with Gasteiger partial charge in [-0.1, -0.05) is 30.3 Å². The minimum Gasteiger partial charge on any atom is -0.327 e. The minimum atomic E-state index is -0.237. The number of benzene rings is 2. The second-order valence-corrected chi connectivity index (χ2v) is 6.51. The smallest absolute Gasteiger partial charge is 0.274 e. The van der Waals surface area contributed by atoms with Gasteiger partial charge in [-0.3, -0.25) is 4.79 Å². The molecule has 1 heterocycles. The van der Waals surface area contributed by atoms with Crippen LogP contribution in [0.25, 0.3) is 0 Å². The molecule has 27 heavy (non-hydrogen) atoms. The number of nitrogens with zero attached hydrogens (tertiary/aromatic N) is 3. The van der Waals surface area contributed by atoms with Crippen LogP contribution in [0.2, 0.25) is 0 Å². The summed E-state index contributed by atoms with van der Waals surface area (Å²) < 4.78 is 0. The average molecular weight is 360 g/mol. The normalized spacial score (nSPS) is 10.5. The van der Waals surface area contributed by atoms with Crippen molar-refractivity contribution in [1.82, 2.24) is 9.97 Å². The van der Waals surface area contributed by atoms with E-state index in [-0.39, 0.29) is 5.91 Å². The lowest BCUT2D eigenvalue weighted by molar-refractivity contribution is 0.102. The van der Waals surface area contributed by atoms with Crippen molar-refractivity contribution in [1.29, 1.82) is 0 Å². The molecule has 0 aliphatic heterocycles. The molecule has 0 radical (unpaired) electrons. The predicted octanol–water partition coefficient (Wildman–Crippen LogP) is 4.81. The monoisotopic (exact) mass is 360 g/mol. The molecule has 1 aromatic heterocycles. The number of anilines is 3. The van der Waals surface area contributed by atoms with E-state index in [0.29, 0.717) is 17.3 Å². The molecule has 3 rings (SSSR count). The summed E-state index contributed by atoms with van der Waals surface area (Å²) in [4.78, 5) is 23.7. The van der Waals surface area contributed by atoms with Crippen molar-refractivity contribution in [3.8, 4) is 0 Å². The fourth-order valence-electron chi connectivity index (χ4n) is 2.95. The third-order valence-corrected chi connectivity index (χ3v) is 4.36. The lowest BCUT2D eigenvalue weighted by Crippen LogP contribution is -2.21. The standard InChI is InChI=1S/C22H24N4O/c1-5-26(18-9-7-6-8-10-18)21-14-20(23-17(4)24-21)22(27)25-19-13-15(2)11-12-16(19)3/h6-14H,5H2,1-4H3,(H,25,27). The number of para-hydroxylation sites is 1. The molecular formula is C22H24N4O. The van der Waals surface area contributed by atoms with Gasteiger partial charge in [-0.25, -0.2) is 9.97 Å². The quantitative estimate of drug-likeness (QED) is 0.709. The molecule has 138 valence electrons. The third-order valence-electron chi connectivity index (χ3n) is 4.36. The first-order chi connectivity index (χ1) is 13.0. The molecule has 0 bridgehead atoms. The van der Waals surface area contributed by atoms with Crippen LogP contribution in [-0.2, 0) is 0 Å². The van der Waals surface area contributed by atoms with Crippen LogP contribution in [0.15, 0.2) is 54.6 Å². The number of rotatable bonds is 5. The zero-order chi connectivity index (χ0) is 19.4. The SMILES string of the molecule is CCN(c1ccccc1)c1cc(C(=O)Nc2cc(C)ccc2C)nc(C)n1. The summed E-state index contributed by atoms with van der Waals surface area (Å²) in [5, 5.41) is 2.97. The van der Waals surface area contributed by atoms with E-state index in [1.807, 2.05) is 62.4 Å². The number of aryl methyl sites for hydroxylation is 3. The van der Waals surface area contributed by atoms with Crippen LogP contribution in [0, 0.1) is 20.8 Å². The van der Waals surface area contributed by atoms with Crippen molar-refractivity contribution in [2.45, 2.75) is 27.7 Å². The Morgan fingerprint density at radius 2 is 1.74 bits per heavy atom. The molecule has 5 nitrogen and oxygen atoms in total. The summed E-state index contributed by atoms with van der Waals surface area (Å²) >= 11 is 0. The lowest BCUT2D eigenvalue weighted by Gasteiger charge is -2.22. The van der Waals surface area contributed by atoms with Gasteiger partial charge in [0.05, 0.1) is 0 Å². The molecule has 1 N–H and O–H groups in total. The largest absolute Gasteiger partial charge is 0.327 e. The maximum atomic E-state index is 12.8. The van der Waals surface area contributed by atoms with Crippen molar-refractivity contribution >= 4 is 23.1 Å². The average Bonchev–Trinajstić information content (AvgIpc) is 2.66. The summed E-state index contributed by atoms with van der Waals surface area (Å²) in [5.74, 6) is 1.04. The Bertz CT molecular complexity index is 954. The maximum Gasteiger partial charge on any atom is 0.274 e. The van der Waals surface area contributed by atoms with Gasteiger partial charge in [-0.2, -0.15) is 0 Å². The highest BCUT2D eigenvalue weighted by atomic mass is 16.1. The molecule has 0 aliphatic rings. The van der Waals surface area contributed by atoms with E-state index in [9.17, 15) is 4.79 Å². The van der Waals surface area contributed by atoms with Crippen LogP contribution >= 0.6 is 0 Å². The fourth-order valence-corrected chi connectivity index (χ4v) is 2.95. The molecular weight excluding hydrogens is 336 g/mol. The molecule has 0 saturated heterocycles. The van der Waals surface area contributed by atoms with Crippen LogP contribution in [0.4, 0.5) is 17.2 Å². The molecule has 1 amide bonds. The van der Waals surface area contributed by atoms with Gasteiger partial charge in [0.2, 0.25) is 0 Å². The van der Waals surface area contributed by atoms with Crippen molar-refractivity contribution in [2.75, 3.05) is 16.8 Å². The lowest BCUT2D eigenvalue weighted by atomic mass is 10.1. The molecule has 0 fully saturated rings. The van der Waals surface area contributed by atoms with Gasteiger partial charge >= 0.3 is 0 Å². The molecule has 0 spiro atoms. The summed E-state index contributed by atoms with van der Waals surface area (Å²) in [5.41, 5.74) is 4.29. The van der Waals surface area contributed by atoms with Gasteiger partial charge in [-0.15, -0.1) is 0 Å². The van der Waals surface area contributed by atoms with Crippen molar-refractivity contribution in [3.63, 3.8) is 0 Å². The fraction of sp³-hybridized carbons (Fsp3) is 0.227. The van der Waals surface area contributed by atoms with E-state index < -0.39 is 0 Å². The first-order valence-electron chi connectivity index (χ1n) is 9.05. The Balaban J connectivity index is 1.93. The highest BCUT2D eigenvalue weighted by Crippen LogP contribution is 2.24. The molecule has 0 aliphatic carbocycles. The summed E-state index contributed by atoms with van der Waals surface area (Å²) in [7, 11) is 0. The van der Waals surface area contributed by atoms with E-state index in [2.05, 4.69) is 27.1 Å². The predicted molar refractivity (Wildman–Crippen MR) is 110 cm³/mol. The number of hydrogen-bond acceptors (Lipinski definition) is 4. The number of carbonyl (C=O) groups is 1. The second-order valence-electron chi connectivity index (χ2n) is 6.51. The number of carbonyl (C=O) groups excluding carboxylic acids is 1. The van der Waals surface area contributed by atoms with Crippen LogP contribution in [0.5, 0.6) is 0 Å². The van der Waals surface area contributed by atoms with E-state index >= 15 is 0 Å². The third kappa shape index (κ3) is 4.31. The molecule has 0 atom stereocenters. The highest BCUT2D eigenvalue weighted by Gasteiger charge is 2.16. The molecule has 0 unspecified atom stereocenters. The Morgan fingerprint density at radius 3 is 2.44 bits per heavy atom. The maximum absolute atomic E-state index is 12.8. The van der Waals surface area contributed by atoms with Gasteiger partial charge < -0.3 is 10.2 Å². The Labute approximate surface area is 160 Å². The summed E-state index contributed by atoms with van der Waals surface area (Å²) in [6.45, 7) is 8.57. The van der Waals surface area contributed by atoms with Gasteiger partial charge in [-0.05, 0) is 57.0 Å². The first kappa shape index (κ1) is 18.6. The molecule has 2 aromatic carbocycles. The van der Waals surface area contributed by atoms with Crippen molar-refractivity contribution < 1.29 is 4.79 Å². The topological polar surface area (TPSA) is 58.1 Å². The van der Waals surface area contributed by atoms with Crippen molar-refractivity contribution in [2.24, 2.45) is 0 Å². The number of amides is 1. The van der Waals surface area contributed by atoms with E-state index in [1.165, 1.54) is 0 Å². The number of nitrogens with one attached hydrogen (secondary N) is 1. The zero-order valence-electron chi connectivity index (χ0n) is 16.2. The van der Waals surface area contributed by atoms with E-state index in [1.54, 1.807) is 13.0 Å². The van der Waals surface area contributed by atoms with E-state index in [0.717, 1.165) is 29.0 Å². The number of aromatic nitrogens is 2. The number of hydrogen-bond donors (Lipinski definition) is 1. The summed E-state index contributed by atoms with van der Waals surface area (Å²) in [6, 6.07) is 17.7. The molecule has 5 heteroatoms. The van der Waals surface area contributed by atoms with Gasteiger partial charge in [0.1, 0.15) is 17.3 Å². The molecule has 0 saturated carbocycles. The zero-order valence-corrected chi connectivity index (χ0v) is 16.2. The Kier molecular flexibility index (Phi) is 5.50. The summed E-state index contributed by atoms with van der Waals surface area (Å²) in [6.07, 6.45) is 0. The first-order valence-corrected chi connectivity index (χ1v) is 9.05. The van der Waals surface area contributed by atoms with Gasteiger partial charge in [0, 0.05) is 24.0 Å². The highest BCUT2D eigenvalue weighted by molar-refractivity contribution is 6.03. The van der Waals surface area contributed by atoms with Crippen molar-refractivity contribution in [3.05, 3.63) is 77.2 Å². The van der Waals surface area contributed by atoms with Gasteiger partial charge in [0.15, 0.2) is 0 Å². The molecule has 3 aromatic rings. The second kappa shape index (κ2) is 7.99. The Morgan fingerprint density at radius 1 is 1.00 bits per heavy atom. The Hall–Kier alpha value is -3.21. The van der Waals surface area contributed by atoms with E-state index in [4.69, 9.17) is 0 Å². The van der Waals surface area contributed by atoms with Crippen LogP contribution in [-0.4, -0.2) is 22.4 Å². The van der Waals surface area contributed by atoms with Crippen LogP contribution in [0.1, 0.15) is 34.4 Å². The van der Waals surface area contributed by atoms with Gasteiger partial charge in [0.25, 0.3) is 5.91 Å². The van der Waals surface area contributed by atoms with Crippen LogP contribution < -0.4 is 10.2 Å². The van der Waals surface area contributed by atoms with Crippen LogP contribution in [0.3, 0.4) is 0 Å².